The Balaban J connectivity index is 1.94. The summed E-state index contributed by atoms with van der Waals surface area (Å²) in [5.74, 6) is 0.0950. The summed E-state index contributed by atoms with van der Waals surface area (Å²) in [4.78, 5) is 21.3. The van der Waals surface area contributed by atoms with Gasteiger partial charge in [-0.15, -0.1) is 0 Å². The first-order chi connectivity index (χ1) is 11.6. The number of rotatable bonds is 5. The SMILES string of the molecule is CC(=O)[C@H](Sc1nc(C)cc(-c2ccccc2)n1)c1ccccc1. The Morgan fingerprint density at radius 1 is 0.958 bits per heavy atom. The number of aromatic nitrogens is 2. The summed E-state index contributed by atoms with van der Waals surface area (Å²) in [6.45, 7) is 3.56. The van der Waals surface area contributed by atoms with Crippen molar-refractivity contribution in [2.45, 2.75) is 24.3 Å². The van der Waals surface area contributed by atoms with E-state index in [1.165, 1.54) is 11.8 Å². The topological polar surface area (TPSA) is 42.9 Å². The standard InChI is InChI=1S/C20H18N2OS/c1-14-13-18(16-9-5-3-6-10-16)22-20(21-14)24-19(15(2)23)17-11-7-4-8-12-17/h3-13,19H,1-2H3/t19-/m0/s1. The molecular weight excluding hydrogens is 316 g/mol. The number of carbonyl (C=O) groups is 1. The van der Waals surface area contributed by atoms with Crippen LogP contribution in [0.3, 0.4) is 0 Å². The highest BCUT2D eigenvalue weighted by atomic mass is 32.2. The molecule has 0 saturated heterocycles. The van der Waals surface area contributed by atoms with Crippen molar-refractivity contribution < 1.29 is 4.79 Å². The number of ketones is 1. The third kappa shape index (κ3) is 3.89. The zero-order valence-electron chi connectivity index (χ0n) is 13.6. The molecule has 24 heavy (non-hydrogen) atoms. The molecule has 0 unspecified atom stereocenters. The van der Waals surface area contributed by atoms with E-state index in [1.54, 1.807) is 6.92 Å². The van der Waals surface area contributed by atoms with E-state index in [4.69, 9.17) is 0 Å². The number of nitrogens with zero attached hydrogens (tertiary/aromatic N) is 2. The average molecular weight is 334 g/mol. The molecule has 0 spiro atoms. The van der Waals surface area contributed by atoms with Crippen molar-refractivity contribution >= 4 is 17.5 Å². The molecule has 0 radical (unpaired) electrons. The first kappa shape index (κ1) is 16.4. The minimum absolute atomic E-state index is 0.0950. The normalized spacial score (nSPS) is 11.9. The first-order valence-electron chi connectivity index (χ1n) is 7.76. The summed E-state index contributed by atoms with van der Waals surface area (Å²) < 4.78 is 0. The van der Waals surface area contributed by atoms with Gasteiger partial charge in [0.15, 0.2) is 5.16 Å². The maximum Gasteiger partial charge on any atom is 0.189 e. The molecule has 1 heterocycles. The predicted molar refractivity (Wildman–Crippen MR) is 97.9 cm³/mol. The Bertz CT molecular complexity index is 835. The number of thioether (sulfide) groups is 1. The quantitative estimate of drug-likeness (QED) is 0.493. The molecule has 0 aliphatic carbocycles. The highest BCUT2D eigenvalue weighted by molar-refractivity contribution is 8.00. The van der Waals surface area contributed by atoms with Crippen LogP contribution in [0.4, 0.5) is 0 Å². The highest BCUT2D eigenvalue weighted by Gasteiger charge is 2.20. The monoisotopic (exact) mass is 334 g/mol. The summed E-state index contributed by atoms with van der Waals surface area (Å²) in [7, 11) is 0. The van der Waals surface area contributed by atoms with Crippen LogP contribution in [0.25, 0.3) is 11.3 Å². The van der Waals surface area contributed by atoms with Gasteiger partial charge in [0.1, 0.15) is 5.78 Å². The second-order valence-electron chi connectivity index (χ2n) is 5.56. The Morgan fingerprint density at radius 3 is 2.21 bits per heavy atom. The van der Waals surface area contributed by atoms with Crippen LogP contribution < -0.4 is 0 Å². The summed E-state index contributed by atoms with van der Waals surface area (Å²) in [5, 5.41) is 0.328. The number of carbonyl (C=O) groups excluding carboxylic acids is 1. The van der Waals surface area contributed by atoms with Crippen molar-refractivity contribution in [3.05, 3.63) is 78.0 Å². The minimum Gasteiger partial charge on any atom is -0.298 e. The first-order valence-corrected chi connectivity index (χ1v) is 8.64. The fraction of sp³-hybridized carbons (Fsp3) is 0.150. The lowest BCUT2D eigenvalue weighted by molar-refractivity contribution is -0.116. The zero-order chi connectivity index (χ0) is 16.9. The predicted octanol–water partition coefficient (Wildman–Crippen LogP) is 4.87. The molecule has 1 atom stereocenters. The van der Waals surface area contributed by atoms with Crippen LogP contribution in [0.2, 0.25) is 0 Å². The fourth-order valence-electron chi connectivity index (χ4n) is 2.47. The minimum atomic E-state index is -0.295. The van der Waals surface area contributed by atoms with Crippen LogP contribution in [-0.2, 0) is 4.79 Å². The maximum atomic E-state index is 12.1. The van der Waals surface area contributed by atoms with Crippen molar-refractivity contribution in [1.82, 2.24) is 9.97 Å². The van der Waals surface area contributed by atoms with Gasteiger partial charge < -0.3 is 0 Å². The number of benzene rings is 2. The van der Waals surface area contributed by atoms with E-state index >= 15 is 0 Å². The Hall–Kier alpha value is -2.46. The van der Waals surface area contributed by atoms with Gasteiger partial charge in [0.2, 0.25) is 0 Å². The van der Waals surface area contributed by atoms with E-state index in [2.05, 4.69) is 9.97 Å². The van der Waals surface area contributed by atoms with Crippen LogP contribution in [0, 0.1) is 6.92 Å². The van der Waals surface area contributed by atoms with Crippen molar-refractivity contribution in [3.8, 4) is 11.3 Å². The lowest BCUT2D eigenvalue weighted by Gasteiger charge is -2.14. The van der Waals surface area contributed by atoms with E-state index in [-0.39, 0.29) is 11.0 Å². The molecule has 3 aromatic rings. The van der Waals surface area contributed by atoms with Gasteiger partial charge in [-0.3, -0.25) is 4.79 Å². The second-order valence-corrected chi connectivity index (χ2v) is 6.63. The third-order valence-electron chi connectivity index (χ3n) is 3.60. The molecule has 3 rings (SSSR count). The Labute approximate surface area is 146 Å². The number of hydrogen-bond acceptors (Lipinski definition) is 4. The van der Waals surface area contributed by atoms with E-state index in [0.29, 0.717) is 5.16 Å². The average Bonchev–Trinajstić information content (AvgIpc) is 2.60. The van der Waals surface area contributed by atoms with Crippen LogP contribution in [0.1, 0.15) is 23.4 Å². The molecule has 0 aliphatic rings. The molecule has 0 aliphatic heterocycles. The van der Waals surface area contributed by atoms with Crippen LogP contribution >= 0.6 is 11.8 Å². The molecule has 0 N–H and O–H groups in total. The molecular formula is C20H18N2OS. The van der Waals surface area contributed by atoms with Gasteiger partial charge in [0.25, 0.3) is 0 Å². The van der Waals surface area contributed by atoms with Crippen LogP contribution in [-0.4, -0.2) is 15.8 Å². The summed E-state index contributed by atoms with van der Waals surface area (Å²) >= 11 is 1.40. The van der Waals surface area contributed by atoms with Crippen molar-refractivity contribution in [3.63, 3.8) is 0 Å². The number of hydrogen-bond donors (Lipinski definition) is 0. The Morgan fingerprint density at radius 2 is 1.58 bits per heavy atom. The fourth-order valence-corrected chi connectivity index (χ4v) is 3.49. The molecule has 4 heteroatoms. The highest BCUT2D eigenvalue weighted by Crippen LogP contribution is 2.35. The molecule has 0 saturated carbocycles. The molecule has 0 fully saturated rings. The number of aryl methyl sites for hydroxylation is 1. The third-order valence-corrected chi connectivity index (χ3v) is 4.83. The van der Waals surface area contributed by atoms with Crippen molar-refractivity contribution in [2.24, 2.45) is 0 Å². The van der Waals surface area contributed by atoms with Gasteiger partial charge in [-0.05, 0) is 25.5 Å². The number of Topliss-reactive ketones (excluding diaryl/α,β-unsaturated/α-hetero) is 1. The van der Waals surface area contributed by atoms with E-state index in [9.17, 15) is 4.79 Å². The molecule has 3 nitrogen and oxygen atoms in total. The van der Waals surface area contributed by atoms with Crippen molar-refractivity contribution in [2.75, 3.05) is 0 Å². The summed E-state index contributed by atoms with van der Waals surface area (Å²) in [6, 6.07) is 21.7. The van der Waals surface area contributed by atoms with Crippen LogP contribution in [0.5, 0.6) is 0 Å². The van der Waals surface area contributed by atoms with Gasteiger partial charge >= 0.3 is 0 Å². The summed E-state index contributed by atoms with van der Waals surface area (Å²) in [5.41, 5.74) is 3.79. The van der Waals surface area contributed by atoms with Gasteiger partial charge in [-0.25, -0.2) is 9.97 Å². The van der Waals surface area contributed by atoms with Crippen LogP contribution in [0.15, 0.2) is 71.9 Å². The maximum absolute atomic E-state index is 12.1. The van der Waals surface area contributed by atoms with E-state index < -0.39 is 0 Å². The smallest absolute Gasteiger partial charge is 0.189 e. The van der Waals surface area contributed by atoms with E-state index in [0.717, 1.165) is 22.5 Å². The van der Waals surface area contributed by atoms with E-state index in [1.807, 2.05) is 73.7 Å². The molecule has 0 amide bonds. The summed E-state index contributed by atoms with van der Waals surface area (Å²) in [6.07, 6.45) is 0. The van der Waals surface area contributed by atoms with Gasteiger partial charge in [-0.1, -0.05) is 72.4 Å². The lowest BCUT2D eigenvalue weighted by Crippen LogP contribution is -2.06. The molecule has 0 bridgehead atoms. The van der Waals surface area contributed by atoms with Gasteiger partial charge in [-0.2, -0.15) is 0 Å². The largest absolute Gasteiger partial charge is 0.298 e. The molecule has 120 valence electrons. The van der Waals surface area contributed by atoms with Gasteiger partial charge in [0.05, 0.1) is 10.9 Å². The Kier molecular flexibility index (Phi) is 5.06. The molecule has 2 aromatic carbocycles. The molecule has 1 aromatic heterocycles. The van der Waals surface area contributed by atoms with Crippen molar-refractivity contribution in [1.29, 1.82) is 0 Å². The zero-order valence-corrected chi connectivity index (χ0v) is 14.5. The lowest BCUT2D eigenvalue weighted by atomic mass is 10.1. The second kappa shape index (κ2) is 7.41. The van der Waals surface area contributed by atoms with Gasteiger partial charge in [0, 0.05) is 11.3 Å².